The topological polar surface area (TPSA) is 42.0 Å². The molecule has 128 valence electrons. The standard InChI is InChI=1S/C19H24N2OS2/c1-14-20-16(12-23-14)13-24-18-11-7-6-10-17(18)19(22)21-15-8-4-2-3-5-9-15/h6-7,10-12,15H,2-5,8-9,13H2,1H3,(H,21,22). The first-order valence-electron chi connectivity index (χ1n) is 8.66. The van der Waals surface area contributed by atoms with E-state index in [1.165, 1.54) is 25.7 Å². The molecule has 5 heteroatoms. The van der Waals surface area contributed by atoms with Gasteiger partial charge in [-0.05, 0) is 31.9 Å². The lowest BCUT2D eigenvalue weighted by atomic mass is 10.1. The predicted octanol–water partition coefficient (Wildman–Crippen LogP) is 5.20. The molecule has 3 nitrogen and oxygen atoms in total. The van der Waals surface area contributed by atoms with Crippen molar-refractivity contribution in [2.45, 2.75) is 62.1 Å². The molecule has 1 saturated carbocycles. The van der Waals surface area contributed by atoms with Gasteiger partial charge in [0.2, 0.25) is 0 Å². The number of benzene rings is 1. The highest BCUT2D eigenvalue weighted by molar-refractivity contribution is 7.98. The zero-order valence-electron chi connectivity index (χ0n) is 14.1. The summed E-state index contributed by atoms with van der Waals surface area (Å²) in [4.78, 5) is 18.3. The third-order valence-electron chi connectivity index (χ3n) is 4.36. The van der Waals surface area contributed by atoms with Gasteiger partial charge < -0.3 is 5.32 Å². The van der Waals surface area contributed by atoms with Crippen molar-refractivity contribution in [1.29, 1.82) is 0 Å². The number of amides is 1. The van der Waals surface area contributed by atoms with Gasteiger partial charge in [-0.3, -0.25) is 4.79 Å². The summed E-state index contributed by atoms with van der Waals surface area (Å²) in [6.07, 6.45) is 7.27. The fourth-order valence-corrected chi connectivity index (χ4v) is 4.75. The molecular weight excluding hydrogens is 336 g/mol. The second-order valence-electron chi connectivity index (χ2n) is 6.30. The molecule has 1 aromatic heterocycles. The number of aromatic nitrogens is 1. The van der Waals surface area contributed by atoms with Gasteiger partial charge in [-0.2, -0.15) is 0 Å². The SMILES string of the molecule is Cc1nc(CSc2ccccc2C(=O)NC2CCCCCC2)cs1. The van der Waals surface area contributed by atoms with Gasteiger partial charge in [-0.25, -0.2) is 4.98 Å². The monoisotopic (exact) mass is 360 g/mol. The Bertz CT molecular complexity index is 676. The molecule has 0 saturated heterocycles. The minimum absolute atomic E-state index is 0.0689. The molecule has 0 aliphatic heterocycles. The molecule has 1 aromatic carbocycles. The van der Waals surface area contributed by atoms with E-state index in [1.54, 1.807) is 23.1 Å². The molecule has 0 atom stereocenters. The Morgan fingerprint density at radius 2 is 2.00 bits per heavy atom. The molecule has 24 heavy (non-hydrogen) atoms. The third-order valence-corrected chi connectivity index (χ3v) is 6.29. The number of thiazole rings is 1. The van der Waals surface area contributed by atoms with Gasteiger partial charge in [0.1, 0.15) is 0 Å². The van der Waals surface area contributed by atoms with Crippen LogP contribution in [0.4, 0.5) is 0 Å². The minimum Gasteiger partial charge on any atom is -0.349 e. The van der Waals surface area contributed by atoms with Crippen molar-refractivity contribution in [3.63, 3.8) is 0 Å². The summed E-state index contributed by atoms with van der Waals surface area (Å²) in [5.41, 5.74) is 1.88. The number of rotatable bonds is 5. The Morgan fingerprint density at radius 3 is 2.71 bits per heavy atom. The number of thioether (sulfide) groups is 1. The average molecular weight is 361 g/mol. The molecular formula is C19H24N2OS2. The molecule has 2 aromatic rings. The van der Waals surface area contributed by atoms with Crippen LogP contribution in [0.1, 0.15) is 59.6 Å². The molecule has 0 radical (unpaired) electrons. The lowest BCUT2D eigenvalue weighted by Gasteiger charge is -2.17. The first-order valence-corrected chi connectivity index (χ1v) is 10.5. The Hall–Kier alpha value is -1.33. The van der Waals surface area contributed by atoms with Crippen LogP contribution in [0.5, 0.6) is 0 Å². The van der Waals surface area contributed by atoms with Crippen molar-refractivity contribution in [3.05, 3.63) is 45.9 Å². The maximum atomic E-state index is 12.7. The van der Waals surface area contributed by atoms with Crippen LogP contribution in [0.15, 0.2) is 34.5 Å². The molecule has 1 aliphatic rings. The zero-order chi connectivity index (χ0) is 16.8. The first-order chi connectivity index (χ1) is 11.7. The fourth-order valence-electron chi connectivity index (χ4n) is 3.09. The zero-order valence-corrected chi connectivity index (χ0v) is 15.7. The van der Waals surface area contributed by atoms with E-state index >= 15 is 0 Å². The summed E-state index contributed by atoms with van der Waals surface area (Å²) in [5, 5.41) is 6.43. The highest BCUT2D eigenvalue weighted by Crippen LogP contribution is 2.27. The number of carbonyl (C=O) groups excluding carboxylic acids is 1. The van der Waals surface area contributed by atoms with Gasteiger partial charge in [-0.1, -0.05) is 37.8 Å². The van der Waals surface area contributed by atoms with Crippen LogP contribution >= 0.6 is 23.1 Å². The number of hydrogen-bond donors (Lipinski definition) is 1. The van der Waals surface area contributed by atoms with Gasteiger partial charge in [0, 0.05) is 22.1 Å². The average Bonchev–Trinajstić information content (AvgIpc) is 2.84. The summed E-state index contributed by atoms with van der Waals surface area (Å²) in [6.45, 7) is 2.02. The lowest BCUT2D eigenvalue weighted by molar-refractivity contribution is 0.0930. The van der Waals surface area contributed by atoms with Gasteiger partial charge >= 0.3 is 0 Å². The highest BCUT2D eigenvalue weighted by atomic mass is 32.2. The van der Waals surface area contributed by atoms with Crippen molar-refractivity contribution in [2.75, 3.05) is 0 Å². The largest absolute Gasteiger partial charge is 0.349 e. The van der Waals surface area contributed by atoms with Gasteiger partial charge in [0.15, 0.2) is 0 Å². The molecule has 1 aliphatic carbocycles. The Balaban J connectivity index is 1.65. The summed E-state index contributed by atoms with van der Waals surface area (Å²) >= 11 is 3.36. The molecule has 0 spiro atoms. The van der Waals surface area contributed by atoms with Crippen LogP contribution in [0.25, 0.3) is 0 Å². The third kappa shape index (κ3) is 4.84. The number of carbonyl (C=O) groups is 1. The molecule has 3 rings (SSSR count). The van der Waals surface area contributed by atoms with E-state index in [-0.39, 0.29) is 5.91 Å². The second-order valence-corrected chi connectivity index (χ2v) is 8.38. The van der Waals surface area contributed by atoms with E-state index in [9.17, 15) is 4.79 Å². The van der Waals surface area contributed by atoms with Crippen molar-refractivity contribution >= 4 is 29.0 Å². The summed E-state index contributed by atoms with van der Waals surface area (Å²) in [6, 6.07) is 8.24. The second kappa shape index (κ2) is 8.67. The minimum atomic E-state index is 0.0689. The smallest absolute Gasteiger partial charge is 0.252 e. The quantitative estimate of drug-likeness (QED) is 0.589. The maximum Gasteiger partial charge on any atom is 0.252 e. The highest BCUT2D eigenvalue weighted by Gasteiger charge is 2.18. The molecule has 1 N–H and O–H groups in total. The summed E-state index contributed by atoms with van der Waals surface area (Å²) in [7, 11) is 0. The van der Waals surface area contributed by atoms with Crippen LogP contribution < -0.4 is 5.32 Å². The summed E-state index contributed by atoms with van der Waals surface area (Å²) in [5.74, 6) is 0.873. The van der Waals surface area contributed by atoms with E-state index in [1.807, 2.05) is 31.2 Å². The van der Waals surface area contributed by atoms with Crippen molar-refractivity contribution in [2.24, 2.45) is 0 Å². The van der Waals surface area contributed by atoms with Gasteiger partial charge in [0.05, 0.1) is 16.3 Å². The Labute approximate surface area is 152 Å². The van der Waals surface area contributed by atoms with Crippen LogP contribution in [0.2, 0.25) is 0 Å². The Kier molecular flexibility index (Phi) is 6.32. The molecule has 1 amide bonds. The van der Waals surface area contributed by atoms with Crippen LogP contribution in [-0.2, 0) is 5.75 Å². The maximum absolute atomic E-state index is 12.7. The first kappa shape index (κ1) is 17.5. The molecule has 0 bridgehead atoms. The Morgan fingerprint density at radius 1 is 1.25 bits per heavy atom. The van der Waals surface area contributed by atoms with Crippen molar-refractivity contribution in [1.82, 2.24) is 10.3 Å². The molecule has 1 heterocycles. The van der Waals surface area contributed by atoms with E-state index in [0.717, 1.165) is 39.8 Å². The van der Waals surface area contributed by atoms with Crippen LogP contribution in [0.3, 0.4) is 0 Å². The fraction of sp³-hybridized carbons (Fsp3) is 0.474. The number of aryl methyl sites for hydroxylation is 1. The van der Waals surface area contributed by atoms with Crippen molar-refractivity contribution in [3.8, 4) is 0 Å². The predicted molar refractivity (Wildman–Crippen MR) is 102 cm³/mol. The van der Waals surface area contributed by atoms with Gasteiger partial charge in [0.25, 0.3) is 5.91 Å². The van der Waals surface area contributed by atoms with E-state index in [4.69, 9.17) is 0 Å². The van der Waals surface area contributed by atoms with Crippen LogP contribution in [0, 0.1) is 6.92 Å². The van der Waals surface area contributed by atoms with E-state index in [2.05, 4.69) is 15.7 Å². The van der Waals surface area contributed by atoms with E-state index < -0.39 is 0 Å². The van der Waals surface area contributed by atoms with Crippen LogP contribution in [-0.4, -0.2) is 16.9 Å². The van der Waals surface area contributed by atoms with Gasteiger partial charge in [-0.15, -0.1) is 23.1 Å². The summed E-state index contributed by atoms with van der Waals surface area (Å²) < 4.78 is 0. The molecule has 0 unspecified atom stereocenters. The van der Waals surface area contributed by atoms with E-state index in [0.29, 0.717) is 6.04 Å². The number of nitrogens with zero attached hydrogens (tertiary/aromatic N) is 1. The lowest BCUT2D eigenvalue weighted by Crippen LogP contribution is -2.34. The molecule has 1 fully saturated rings. The normalized spacial score (nSPS) is 15.9. The van der Waals surface area contributed by atoms with Crippen molar-refractivity contribution < 1.29 is 4.79 Å². The number of hydrogen-bond acceptors (Lipinski definition) is 4. The number of nitrogens with one attached hydrogen (secondary N) is 1.